The van der Waals surface area contributed by atoms with Crippen LogP contribution < -0.4 is 4.74 Å². The minimum atomic E-state index is -4.78. The van der Waals surface area contributed by atoms with Gasteiger partial charge in [-0.1, -0.05) is 18.2 Å². The quantitative estimate of drug-likeness (QED) is 0.938. The molecule has 1 atom stereocenters. The fourth-order valence-electron chi connectivity index (χ4n) is 1.75. The number of alkyl halides is 3. The molecule has 1 unspecified atom stereocenters. The van der Waals surface area contributed by atoms with Crippen LogP contribution in [0, 0.1) is 6.92 Å². The van der Waals surface area contributed by atoms with E-state index in [1.54, 1.807) is 6.07 Å². The van der Waals surface area contributed by atoms with Crippen LogP contribution in [0.2, 0.25) is 0 Å². The van der Waals surface area contributed by atoms with Crippen molar-refractivity contribution in [1.82, 2.24) is 4.98 Å². The van der Waals surface area contributed by atoms with Crippen LogP contribution in [0.5, 0.6) is 5.75 Å². The molecule has 2 aromatic rings. The van der Waals surface area contributed by atoms with Crippen LogP contribution in [0.3, 0.4) is 0 Å². The molecule has 2 rings (SSSR count). The second-order valence-corrected chi connectivity index (χ2v) is 5.13. The summed E-state index contributed by atoms with van der Waals surface area (Å²) in [5.41, 5.74) is 0.912. The van der Waals surface area contributed by atoms with Crippen molar-refractivity contribution in [2.75, 3.05) is 0 Å². The summed E-state index contributed by atoms with van der Waals surface area (Å²) in [6, 6.07) is 5.56. The van der Waals surface area contributed by atoms with E-state index in [9.17, 15) is 18.3 Å². The Morgan fingerprint density at radius 2 is 2.05 bits per heavy atom. The Morgan fingerprint density at radius 3 is 2.65 bits per heavy atom. The molecular weight excluding hydrogens is 291 g/mol. The molecule has 3 nitrogen and oxygen atoms in total. The fraction of sp³-hybridized carbons (Fsp3) is 0.308. The molecular formula is C13H12F3NO2S. The molecule has 0 radical (unpaired) electrons. The van der Waals surface area contributed by atoms with E-state index in [4.69, 9.17) is 0 Å². The first-order chi connectivity index (χ1) is 9.35. The maximum atomic E-state index is 12.3. The first-order valence-electron chi connectivity index (χ1n) is 5.79. The van der Waals surface area contributed by atoms with Gasteiger partial charge in [0.1, 0.15) is 5.75 Å². The highest BCUT2D eigenvalue weighted by Crippen LogP contribution is 2.32. The van der Waals surface area contributed by atoms with E-state index >= 15 is 0 Å². The third-order valence-electron chi connectivity index (χ3n) is 2.54. The Hall–Kier alpha value is -1.60. The minimum absolute atomic E-state index is 0.0951. The topological polar surface area (TPSA) is 42.4 Å². The predicted octanol–water partition coefficient (Wildman–Crippen LogP) is 3.63. The van der Waals surface area contributed by atoms with Gasteiger partial charge < -0.3 is 9.84 Å². The highest BCUT2D eigenvalue weighted by atomic mass is 32.1. The number of aromatic nitrogens is 1. The molecule has 1 heterocycles. The number of benzene rings is 1. The molecule has 0 spiro atoms. The highest BCUT2D eigenvalue weighted by Gasteiger charge is 2.32. The second kappa shape index (κ2) is 5.80. The molecule has 108 valence electrons. The third kappa shape index (κ3) is 3.94. The van der Waals surface area contributed by atoms with E-state index in [0.29, 0.717) is 5.01 Å². The van der Waals surface area contributed by atoms with Crippen LogP contribution in [0.25, 0.3) is 0 Å². The normalized spacial score (nSPS) is 13.2. The van der Waals surface area contributed by atoms with Gasteiger partial charge in [-0.15, -0.1) is 24.5 Å². The molecule has 0 amide bonds. The number of halogens is 3. The van der Waals surface area contributed by atoms with Gasteiger partial charge in [0, 0.05) is 23.1 Å². The summed E-state index contributed by atoms with van der Waals surface area (Å²) in [6.07, 6.45) is -5.73. The number of rotatable bonds is 4. The Bertz CT molecular complexity index is 583. The molecule has 0 fully saturated rings. The monoisotopic (exact) mass is 303 g/mol. The molecule has 0 aliphatic heterocycles. The van der Waals surface area contributed by atoms with Crippen molar-refractivity contribution in [3.05, 3.63) is 45.9 Å². The smallest absolute Gasteiger partial charge is 0.405 e. The van der Waals surface area contributed by atoms with Crippen molar-refractivity contribution in [2.24, 2.45) is 0 Å². The van der Waals surface area contributed by atoms with E-state index in [1.165, 1.54) is 29.5 Å². The SMILES string of the molecule is Cc1csc(CC(O)c2ccccc2OC(F)(F)F)n1. The summed E-state index contributed by atoms with van der Waals surface area (Å²) in [6.45, 7) is 1.81. The van der Waals surface area contributed by atoms with Crippen molar-refractivity contribution in [3.8, 4) is 5.75 Å². The molecule has 0 bridgehead atoms. The maximum Gasteiger partial charge on any atom is 0.573 e. The average Bonchev–Trinajstić information content (AvgIpc) is 2.73. The van der Waals surface area contributed by atoms with E-state index in [0.717, 1.165) is 5.69 Å². The first kappa shape index (κ1) is 14.8. The number of aryl methyl sites for hydroxylation is 1. The summed E-state index contributed by atoms with van der Waals surface area (Å²) in [5, 5.41) is 12.6. The van der Waals surface area contributed by atoms with Crippen LogP contribution >= 0.6 is 11.3 Å². The largest absolute Gasteiger partial charge is 0.573 e. The van der Waals surface area contributed by atoms with Gasteiger partial charge in [0.2, 0.25) is 0 Å². The van der Waals surface area contributed by atoms with E-state index in [2.05, 4.69) is 9.72 Å². The van der Waals surface area contributed by atoms with Crippen LogP contribution in [-0.2, 0) is 6.42 Å². The second-order valence-electron chi connectivity index (χ2n) is 4.19. The number of nitrogens with zero attached hydrogens (tertiary/aromatic N) is 1. The summed E-state index contributed by atoms with van der Waals surface area (Å²) in [5.74, 6) is -0.388. The number of para-hydroxylation sites is 1. The number of hydrogen-bond acceptors (Lipinski definition) is 4. The van der Waals surface area contributed by atoms with Crippen LogP contribution in [0.1, 0.15) is 22.4 Å². The van der Waals surface area contributed by atoms with Crippen molar-refractivity contribution >= 4 is 11.3 Å². The fourth-order valence-corrected chi connectivity index (χ4v) is 2.56. The van der Waals surface area contributed by atoms with E-state index < -0.39 is 12.5 Å². The van der Waals surface area contributed by atoms with Crippen LogP contribution in [0.4, 0.5) is 13.2 Å². The van der Waals surface area contributed by atoms with Crippen molar-refractivity contribution in [3.63, 3.8) is 0 Å². The van der Waals surface area contributed by atoms with Gasteiger partial charge in [-0.05, 0) is 13.0 Å². The van der Waals surface area contributed by atoms with Crippen molar-refractivity contribution < 1.29 is 23.0 Å². The third-order valence-corrected chi connectivity index (χ3v) is 3.53. The molecule has 0 saturated heterocycles. The standard InChI is InChI=1S/C13H12F3NO2S/c1-8-7-20-12(17-8)6-10(18)9-4-2-3-5-11(9)19-13(14,15)16/h2-5,7,10,18H,6H2,1H3. The number of hydrogen-bond donors (Lipinski definition) is 1. The number of thiazole rings is 1. The molecule has 20 heavy (non-hydrogen) atoms. The Labute approximate surface area is 117 Å². The Balaban J connectivity index is 2.19. The molecule has 0 aliphatic rings. The molecule has 0 aliphatic carbocycles. The first-order valence-corrected chi connectivity index (χ1v) is 6.67. The van der Waals surface area contributed by atoms with Crippen molar-refractivity contribution in [2.45, 2.75) is 25.8 Å². The summed E-state index contributed by atoms with van der Waals surface area (Å²) in [4.78, 5) is 4.18. The van der Waals surface area contributed by atoms with Gasteiger partial charge in [-0.25, -0.2) is 4.98 Å². The zero-order chi connectivity index (χ0) is 14.8. The predicted molar refractivity (Wildman–Crippen MR) is 68.6 cm³/mol. The lowest BCUT2D eigenvalue weighted by Crippen LogP contribution is -2.19. The molecule has 1 aromatic carbocycles. The summed E-state index contributed by atoms with van der Waals surface area (Å²) in [7, 11) is 0. The minimum Gasteiger partial charge on any atom is -0.405 e. The maximum absolute atomic E-state index is 12.3. The number of aliphatic hydroxyl groups is 1. The van der Waals surface area contributed by atoms with Gasteiger partial charge >= 0.3 is 6.36 Å². The Morgan fingerprint density at radius 1 is 1.35 bits per heavy atom. The molecule has 0 saturated carbocycles. The average molecular weight is 303 g/mol. The van der Waals surface area contributed by atoms with Gasteiger partial charge in [-0.3, -0.25) is 0 Å². The number of ether oxygens (including phenoxy) is 1. The lowest BCUT2D eigenvalue weighted by Gasteiger charge is -2.16. The van der Waals surface area contributed by atoms with E-state index in [1.807, 2.05) is 12.3 Å². The molecule has 7 heteroatoms. The summed E-state index contributed by atoms with van der Waals surface area (Å²) < 4.78 is 40.8. The lowest BCUT2D eigenvalue weighted by molar-refractivity contribution is -0.275. The number of aliphatic hydroxyl groups excluding tert-OH is 1. The molecule has 1 N–H and O–H groups in total. The molecule has 1 aromatic heterocycles. The van der Waals surface area contributed by atoms with Gasteiger partial charge in [0.05, 0.1) is 11.1 Å². The van der Waals surface area contributed by atoms with Crippen LogP contribution in [-0.4, -0.2) is 16.5 Å². The zero-order valence-corrected chi connectivity index (χ0v) is 11.3. The zero-order valence-electron chi connectivity index (χ0n) is 10.5. The van der Waals surface area contributed by atoms with Crippen LogP contribution in [0.15, 0.2) is 29.6 Å². The highest BCUT2D eigenvalue weighted by molar-refractivity contribution is 7.09. The summed E-state index contributed by atoms with van der Waals surface area (Å²) >= 11 is 1.36. The van der Waals surface area contributed by atoms with Crippen molar-refractivity contribution in [1.29, 1.82) is 0 Å². The van der Waals surface area contributed by atoms with Gasteiger partial charge in [0.15, 0.2) is 0 Å². The van der Waals surface area contributed by atoms with Gasteiger partial charge in [0.25, 0.3) is 0 Å². The van der Waals surface area contributed by atoms with Gasteiger partial charge in [-0.2, -0.15) is 0 Å². The Kier molecular flexibility index (Phi) is 4.29. The lowest BCUT2D eigenvalue weighted by atomic mass is 10.1. The van der Waals surface area contributed by atoms with E-state index in [-0.39, 0.29) is 17.7 Å².